The first kappa shape index (κ1) is 16.0. The minimum atomic E-state index is -3.49. The zero-order chi connectivity index (χ0) is 15.6. The van der Waals surface area contributed by atoms with Gasteiger partial charge in [-0.2, -0.15) is 4.31 Å². The molecule has 0 aliphatic carbocycles. The van der Waals surface area contributed by atoms with Crippen LogP contribution in [0.2, 0.25) is 0 Å². The number of nitrogens with one attached hydrogen (secondary N) is 1. The lowest BCUT2D eigenvalue weighted by Gasteiger charge is -2.37. The van der Waals surface area contributed by atoms with Gasteiger partial charge in [0.25, 0.3) is 0 Å². The second kappa shape index (κ2) is 6.15. The van der Waals surface area contributed by atoms with Crippen molar-refractivity contribution in [3.05, 3.63) is 24.3 Å². The van der Waals surface area contributed by atoms with E-state index in [0.29, 0.717) is 5.69 Å². The molecule has 0 bridgehead atoms. The summed E-state index contributed by atoms with van der Waals surface area (Å²) in [5.41, 5.74) is 0.598. The number of sulfonamides is 1. The Morgan fingerprint density at radius 1 is 1.14 bits per heavy atom. The lowest BCUT2D eigenvalue weighted by atomic mass is 10.0. The third-order valence-electron chi connectivity index (χ3n) is 3.86. The number of hydrogen-bond acceptors (Lipinski definition) is 3. The number of carbonyl (C=O) groups excluding carboxylic acids is 1. The smallest absolute Gasteiger partial charge is 0.243 e. The van der Waals surface area contributed by atoms with Crippen LogP contribution in [0.5, 0.6) is 0 Å². The lowest BCUT2D eigenvalue weighted by molar-refractivity contribution is -0.114. The van der Waals surface area contributed by atoms with Crippen molar-refractivity contribution >= 4 is 21.6 Å². The molecular weight excluding hydrogens is 288 g/mol. The van der Waals surface area contributed by atoms with Gasteiger partial charge in [0.15, 0.2) is 0 Å². The Hall–Kier alpha value is -1.40. The van der Waals surface area contributed by atoms with Crippen molar-refractivity contribution in [1.29, 1.82) is 0 Å². The quantitative estimate of drug-likeness (QED) is 0.933. The maximum absolute atomic E-state index is 12.8. The molecule has 1 amide bonds. The number of rotatable bonds is 3. The van der Waals surface area contributed by atoms with Gasteiger partial charge in [-0.05, 0) is 51.0 Å². The van der Waals surface area contributed by atoms with E-state index in [1.165, 1.54) is 6.92 Å². The van der Waals surface area contributed by atoms with Gasteiger partial charge < -0.3 is 5.32 Å². The zero-order valence-corrected chi connectivity index (χ0v) is 13.5. The van der Waals surface area contributed by atoms with Crippen LogP contribution in [-0.4, -0.2) is 30.7 Å². The number of hydrogen-bond donors (Lipinski definition) is 1. The SMILES string of the molecule is CC(=O)Nc1ccc(S(=O)(=O)N2[C@@H](C)CCC[C@@H]2C)cc1. The van der Waals surface area contributed by atoms with Crippen LogP contribution >= 0.6 is 0 Å². The third kappa shape index (κ3) is 3.44. The van der Waals surface area contributed by atoms with Crippen molar-refractivity contribution in [2.24, 2.45) is 0 Å². The van der Waals surface area contributed by atoms with E-state index in [1.807, 2.05) is 13.8 Å². The van der Waals surface area contributed by atoms with Gasteiger partial charge in [0.05, 0.1) is 4.90 Å². The number of piperidine rings is 1. The Balaban J connectivity index is 2.28. The molecule has 1 N–H and O–H groups in total. The molecule has 0 unspecified atom stereocenters. The van der Waals surface area contributed by atoms with Crippen molar-refractivity contribution in [3.8, 4) is 0 Å². The van der Waals surface area contributed by atoms with Crippen LogP contribution < -0.4 is 5.32 Å². The molecule has 1 aromatic rings. The van der Waals surface area contributed by atoms with E-state index in [-0.39, 0.29) is 22.9 Å². The van der Waals surface area contributed by atoms with E-state index in [4.69, 9.17) is 0 Å². The number of nitrogens with zero attached hydrogens (tertiary/aromatic N) is 1. The normalized spacial score (nSPS) is 23.8. The van der Waals surface area contributed by atoms with Gasteiger partial charge in [-0.15, -0.1) is 0 Å². The van der Waals surface area contributed by atoms with E-state index < -0.39 is 10.0 Å². The predicted octanol–water partition coefficient (Wildman–Crippen LogP) is 2.60. The van der Waals surface area contributed by atoms with E-state index in [9.17, 15) is 13.2 Å². The van der Waals surface area contributed by atoms with Crippen LogP contribution in [0.1, 0.15) is 40.0 Å². The molecule has 1 fully saturated rings. The standard InChI is InChI=1S/C15H22N2O3S/c1-11-5-4-6-12(2)17(11)21(19,20)15-9-7-14(8-10-15)16-13(3)18/h7-12H,4-6H2,1-3H3,(H,16,18)/t11-,12-/m0/s1. The molecule has 2 rings (SSSR count). The molecule has 1 aliphatic rings. The molecule has 0 saturated carbocycles. The summed E-state index contributed by atoms with van der Waals surface area (Å²) in [5, 5.41) is 2.63. The van der Waals surface area contributed by atoms with Gasteiger partial charge in [-0.1, -0.05) is 6.42 Å². The fourth-order valence-electron chi connectivity index (χ4n) is 2.91. The second-order valence-corrected chi connectivity index (χ2v) is 7.51. The van der Waals surface area contributed by atoms with Gasteiger partial charge in [-0.25, -0.2) is 8.42 Å². The highest BCUT2D eigenvalue weighted by atomic mass is 32.2. The number of amides is 1. The van der Waals surface area contributed by atoms with E-state index >= 15 is 0 Å². The molecule has 0 spiro atoms. The summed E-state index contributed by atoms with van der Waals surface area (Å²) < 4.78 is 27.2. The molecule has 0 radical (unpaired) electrons. The van der Waals surface area contributed by atoms with E-state index in [2.05, 4.69) is 5.32 Å². The Labute approximate surface area is 126 Å². The Kier molecular flexibility index (Phi) is 4.68. The van der Waals surface area contributed by atoms with Gasteiger partial charge in [0.2, 0.25) is 15.9 Å². The second-order valence-electron chi connectivity index (χ2n) is 5.67. The van der Waals surface area contributed by atoms with E-state index in [1.54, 1.807) is 28.6 Å². The predicted molar refractivity (Wildman–Crippen MR) is 82.5 cm³/mol. The fourth-order valence-corrected chi connectivity index (χ4v) is 4.79. The van der Waals surface area contributed by atoms with Crippen molar-refractivity contribution < 1.29 is 13.2 Å². The summed E-state index contributed by atoms with van der Waals surface area (Å²) in [6, 6.07) is 6.38. The van der Waals surface area contributed by atoms with Crippen molar-refractivity contribution in [2.75, 3.05) is 5.32 Å². The largest absolute Gasteiger partial charge is 0.326 e. The molecule has 1 saturated heterocycles. The number of benzene rings is 1. The highest BCUT2D eigenvalue weighted by Gasteiger charge is 2.35. The lowest BCUT2D eigenvalue weighted by Crippen LogP contribution is -2.47. The summed E-state index contributed by atoms with van der Waals surface area (Å²) in [6.45, 7) is 5.33. The maximum Gasteiger partial charge on any atom is 0.243 e. The number of anilines is 1. The average molecular weight is 310 g/mol. The van der Waals surface area contributed by atoms with E-state index in [0.717, 1.165) is 19.3 Å². The Morgan fingerprint density at radius 3 is 2.14 bits per heavy atom. The zero-order valence-electron chi connectivity index (χ0n) is 12.7. The van der Waals surface area contributed by atoms with Crippen molar-refractivity contribution in [2.45, 2.75) is 57.0 Å². The first-order valence-electron chi connectivity index (χ1n) is 7.23. The average Bonchev–Trinajstić information content (AvgIpc) is 2.38. The van der Waals surface area contributed by atoms with Crippen LogP contribution in [0.3, 0.4) is 0 Å². The van der Waals surface area contributed by atoms with Crippen molar-refractivity contribution in [1.82, 2.24) is 4.31 Å². The molecule has 0 aromatic heterocycles. The molecule has 21 heavy (non-hydrogen) atoms. The highest BCUT2D eigenvalue weighted by molar-refractivity contribution is 7.89. The minimum absolute atomic E-state index is 0.0220. The molecule has 2 atom stereocenters. The molecule has 1 aliphatic heterocycles. The van der Waals surface area contributed by atoms with Gasteiger partial charge >= 0.3 is 0 Å². The highest BCUT2D eigenvalue weighted by Crippen LogP contribution is 2.29. The van der Waals surface area contributed by atoms with Crippen LogP contribution in [0, 0.1) is 0 Å². The molecule has 1 heterocycles. The van der Waals surface area contributed by atoms with Crippen LogP contribution in [-0.2, 0) is 14.8 Å². The molecule has 6 heteroatoms. The first-order valence-corrected chi connectivity index (χ1v) is 8.67. The summed E-state index contributed by atoms with van der Waals surface area (Å²) >= 11 is 0. The van der Waals surface area contributed by atoms with Gasteiger partial charge in [0.1, 0.15) is 0 Å². The molecule has 5 nitrogen and oxygen atoms in total. The summed E-state index contributed by atoms with van der Waals surface area (Å²) in [7, 11) is -3.49. The van der Waals surface area contributed by atoms with Gasteiger partial charge in [-0.3, -0.25) is 4.79 Å². The topological polar surface area (TPSA) is 66.5 Å². The summed E-state index contributed by atoms with van der Waals surface area (Å²) in [5.74, 6) is -0.177. The minimum Gasteiger partial charge on any atom is -0.326 e. The maximum atomic E-state index is 12.8. The molecule has 116 valence electrons. The molecular formula is C15H22N2O3S. The van der Waals surface area contributed by atoms with Crippen LogP contribution in [0.4, 0.5) is 5.69 Å². The van der Waals surface area contributed by atoms with Crippen molar-refractivity contribution in [3.63, 3.8) is 0 Å². The van der Waals surface area contributed by atoms with Crippen LogP contribution in [0.25, 0.3) is 0 Å². The molecule has 1 aromatic carbocycles. The summed E-state index contributed by atoms with van der Waals surface area (Å²) in [6.07, 6.45) is 2.86. The van der Waals surface area contributed by atoms with Crippen LogP contribution in [0.15, 0.2) is 29.2 Å². The third-order valence-corrected chi connectivity index (χ3v) is 6.01. The fraction of sp³-hybridized carbons (Fsp3) is 0.533. The summed E-state index contributed by atoms with van der Waals surface area (Å²) in [4.78, 5) is 11.3. The first-order chi connectivity index (χ1) is 9.82. The van der Waals surface area contributed by atoms with Gasteiger partial charge in [0, 0.05) is 24.7 Å². The Bertz CT molecular complexity index is 600. The monoisotopic (exact) mass is 310 g/mol. The Morgan fingerprint density at radius 2 is 1.67 bits per heavy atom. The number of carbonyl (C=O) groups is 1.